The Balaban J connectivity index is 2.85. The Morgan fingerprint density at radius 3 is 3.00 bits per heavy atom. The maximum Gasteiger partial charge on any atom is 0.193 e. The van der Waals surface area contributed by atoms with Gasteiger partial charge in [0, 0.05) is 5.75 Å². The first kappa shape index (κ1) is 10.1. The van der Waals surface area contributed by atoms with Crippen molar-refractivity contribution in [1.29, 1.82) is 0 Å². The van der Waals surface area contributed by atoms with Crippen molar-refractivity contribution in [2.45, 2.75) is 5.03 Å². The Morgan fingerprint density at radius 1 is 1.62 bits per heavy atom. The summed E-state index contributed by atoms with van der Waals surface area (Å²) in [6.07, 6.45) is 1.37. The summed E-state index contributed by atoms with van der Waals surface area (Å²) in [5.41, 5.74) is 5.55. The molecule has 0 aliphatic carbocycles. The van der Waals surface area contributed by atoms with Crippen molar-refractivity contribution < 1.29 is 9.84 Å². The largest absolute Gasteiger partial charge is 0.490 e. The van der Waals surface area contributed by atoms with Crippen LogP contribution in [0.1, 0.15) is 0 Å². The minimum Gasteiger partial charge on any atom is -0.490 e. The Morgan fingerprint density at radius 2 is 2.38 bits per heavy atom. The summed E-state index contributed by atoms with van der Waals surface area (Å²) in [6.45, 7) is 0.0950. The summed E-state index contributed by atoms with van der Waals surface area (Å²) in [4.78, 5) is 7.77. The molecular weight excluding hydrogens is 190 g/mol. The van der Waals surface area contributed by atoms with Gasteiger partial charge in [-0.2, -0.15) is 0 Å². The topological polar surface area (TPSA) is 81.3 Å². The van der Waals surface area contributed by atoms with Crippen LogP contribution in [0.25, 0.3) is 0 Å². The lowest BCUT2D eigenvalue weighted by molar-refractivity contribution is 0.322. The maximum absolute atomic E-state index is 8.62. The summed E-state index contributed by atoms with van der Waals surface area (Å²) in [5.74, 6) is 1.35. The fraction of sp³-hybridized carbons (Fsp3) is 0.429. The van der Waals surface area contributed by atoms with E-state index in [9.17, 15) is 0 Å². The van der Waals surface area contributed by atoms with Gasteiger partial charge in [-0.05, 0) is 0 Å². The number of aliphatic hydroxyl groups excluding tert-OH is 1. The van der Waals surface area contributed by atoms with Crippen LogP contribution in [0.3, 0.4) is 0 Å². The van der Waals surface area contributed by atoms with Gasteiger partial charge in [-0.1, -0.05) is 0 Å². The second-order valence-corrected chi connectivity index (χ2v) is 3.25. The zero-order valence-corrected chi connectivity index (χ0v) is 8.04. The highest BCUT2D eigenvalue weighted by Crippen LogP contribution is 2.29. The summed E-state index contributed by atoms with van der Waals surface area (Å²) < 4.78 is 5.02. The molecule has 0 radical (unpaired) electrons. The third-order valence-corrected chi connectivity index (χ3v) is 2.28. The van der Waals surface area contributed by atoms with E-state index >= 15 is 0 Å². The van der Waals surface area contributed by atoms with Crippen LogP contribution < -0.4 is 10.5 Å². The number of anilines is 1. The van der Waals surface area contributed by atoms with Crippen LogP contribution in [-0.4, -0.2) is 34.5 Å². The molecule has 0 amide bonds. The average Bonchev–Trinajstić information content (AvgIpc) is 2.15. The van der Waals surface area contributed by atoms with E-state index in [1.165, 1.54) is 25.2 Å². The van der Waals surface area contributed by atoms with E-state index in [1.807, 2.05) is 0 Å². The predicted molar refractivity (Wildman–Crippen MR) is 50.8 cm³/mol. The SMILES string of the molecule is COc1c(N)ncnc1SCCO. The Kier molecular flexibility index (Phi) is 3.78. The number of aromatic nitrogens is 2. The molecule has 1 aromatic rings. The molecule has 13 heavy (non-hydrogen) atoms. The molecule has 0 aliphatic rings. The molecular formula is C7H11N3O2S. The number of aliphatic hydroxyl groups is 1. The fourth-order valence-corrected chi connectivity index (χ4v) is 1.53. The standard InChI is InChI=1S/C7H11N3O2S/c1-12-5-6(8)9-4-10-7(5)13-3-2-11/h4,11H,2-3H2,1H3,(H2,8,9,10). The maximum atomic E-state index is 8.62. The molecule has 0 atom stereocenters. The number of ether oxygens (including phenoxy) is 1. The third kappa shape index (κ3) is 2.46. The number of hydrogen-bond acceptors (Lipinski definition) is 6. The van der Waals surface area contributed by atoms with Crippen LogP contribution in [0.15, 0.2) is 11.4 Å². The van der Waals surface area contributed by atoms with E-state index in [2.05, 4.69) is 9.97 Å². The van der Waals surface area contributed by atoms with Crippen LogP contribution in [0, 0.1) is 0 Å². The number of nitrogen functional groups attached to an aromatic ring is 1. The fourth-order valence-electron chi connectivity index (χ4n) is 0.807. The van der Waals surface area contributed by atoms with Gasteiger partial charge >= 0.3 is 0 Å². The Hall–Kier alpha value is -1.01. The quantitative estimate of drug-likeness (QED) is 0.533. The zero-order chi connectivity index (χ0) is 9.68. The van der Waals surface area contributed by atoms with E-state index in [0.29, 0.717) is 22.3 Å². The van der Waals surface area contributed by atoms with Crippen molar-refractivity contribution >= 4 is 17.6 Å². The molecule has 1 aromatic heterocycles. The van der Waals surface area contributed by atoms with E-state index in [0.717, 1.165) is 0 Å². The number of methoxy groups -OCH3 is 1. The van der Waals surface area contributed by atoms with Crippen molar-refractivity contribution in [1.82, 2.24) is 9.97 Å². The molecule has 5 nitrogen and oxygen atoms in total. The highest BCUT2D eigenvalue weighted by Gasteiger charge is 2.08. The van der Waals surface area contributed by atoms with E-state index < -0.39 is 0 Å². The molecule has 1 heterocycles. The van der Waals surface area contributed by atoms with Gasteiger partial charge in [-0.3, -0.25) is 0 Å². The van der Waals surface area contributed by atoms with Gasteiger partial charge in [-0.15, -0.1) is 11.8 Å². The molecule has 0 bridgehead atoms. The van der Waals surface area contributed by atoms with E-state index in [4.69, 9.17) is 15.6 Å². The van der Waals surface area contributed by atoms with Gasteiger partial charge in [0.15, 0.2) is 11.6 Å². The first-order chi connectivity index (χ1) is 6.29. The molecule has 6 heteroatoms. The number of nitrogens with two attached hydrogens (primary N) is 1. The van der Waals surface area contributed by atoms with Crippen molar-refractivity contribution in [3.8, 4) is 5.75 Å². The molecule has 0 fully saturated rings. The lowest BCUT2D eigenvalue weighted by Crippen LogP contribution is -1.99. The van der Waals surface area contributed by atoms with Crippen molar-refractivity contribution in [2.24, 2.45) is 0 Å². The molecule has 0 aliphatic heterocycles. The second kappa shape index (κ2) is 4.88. The molecule has 72 valence electrons. The van der Waals surface area contributed by atoms with Crippen LogP contribution in [-0.2, 0) is 0 Å². The van der Waals surface area contributed by atoms with Gasteiger partial charge < -0.3 is 15.6 Å². The van der Waals surface area contributed by atoms with Crippen LogP contribution in [0.2, 0.25) is 0 Å². The molecule has 0 spiro atoms. The van der Waals surface area contributed by atoms with Crippen molar-refractivity contribution in [3.63, 3.8) is 0 Å². The van der Waals surface area contributed by atoms with E-state index in [-0.39, 0.29) is 6.61 Å². The summed E-state index contributed by atoms with van der Waals surface area (Å²) in [5, 5.41) is 9.28. The van der Waals surface area contributed by atoms with Crippen molar-refractivity contribution in [2.75, 3.05) is 25.2 Å². The molecule has 1 rings (SSSR count). The van der Waals surface area contributed by atoms with Crippen LogP contribution >= 0.6 is 11.8 Å². The lowest BCUT2D eigenvalue weighted by Gasteiger charge is -2.07. The third-order valence-electron chi connectivity index (χ3n) is 1.33. The van der Waals surface area contributed by atoms with Gasteiger partial charge in [0.2, 0.25) is 0 Å². The average molecular weight is 201 g/mol. The predicted octanol–water partition coefficient (Wildman–Crippen LogP) is 0.152. The van der Waals surface area contributed by atoms with Crippen LogP contribution in [0.4, 0.5) is 5.82 Å². The highest BCUT2D eigenvalue weighted by atomic mass is 32.2. The normalized spacial score (nSPS) is 10.0. The zero-order valence-electron chi connectivity index (χ0n) is 7.23. The molecule has 0 saturated heterocycles. The molecule has 3 N–H and O–H groups in total. The second-order valence-electron chi connectivity index (χ2n) is 2.17. The monoisotopic (exact) mass is 201 g/mol. The Bertz CT molecular complexity index is 282. The molecule has 0 saturated carbocycles. The van der Waals surface area contributed by atoms with Gasteiger partial charge in [0.05, 0.1) is 13.7 Å². The number of rotatable bonds is 4. The number of thioether (sulfide) groups is 1. The van der Waals surface area contributed by atoms with Crippen LogP contribution in [0.5, 0.6) is 5.75 Å². The lowest BCUT2D eigenvalue weighted by atomic mass is 10.5. The van der Waals surface area contributed by atoms with Gasteiger partial charge in [-0.25, -0.2) is 9.97 Å². The first-order valence-corrected chi connectivity index (χ1v) is 4.66. The molecule has 0 aromatic carbocycles. The first-order valence-electron chi connectivity index (χ1n) is 3.67. The van der Waals surface area contributed by atoms with Gasteiger partial charge in [0.1, 0.15) is 11.4 Å². The number of nitrogens with zero attached hydrogens (tertiary/aromatic N) is 2. The van der Waals surface area contributed by atoms with Gasteiger partial charge in [0.25, 0.3) is 0 Å². The summed E-state index contributed by atoms with van der Waals surface area (Å²) >= 11 is 1.38. The minimum atomic E-state index is 0.0950. The van der Waals surface area contributed by atoms with E-state index in [1.54, 1.807) is 0 Å². The smallest absolute Gasteiger partial charge is 0.193 e. The van der Waals surface area contributed by atoms with Crippen molar-refractivity contribution in [3.05, 3.63) is 6.33 Å². The Labute approximate surface area is 80.3 Å². The highest BCUT2D eigenvalue weighted by molar-refractivity contribution is 7.99. The summed E-state index contributed by atoms with van der Waals surface area (Å²) in [7, 11) is 1.51. The summed E-state index contributed by atoms with van der Waals surface area (Å²) in [6, 6.07) is 0. The molecule has 0 unspecified atom stereocenters. The number of hydrogen-bond donors (Lipinski definition) is 2. The minimum absolute atomic E-state index is 0.0950.